The minimum atomic E-state index is -0.662. The standard InChI is InChI=1S/C18H16O3/c1-21-18(20)16-14-10-6-2-3-7-11(10)15(16)17(19)13-9-5-4-8-12(13)14/h2-9,14-17,19H,1H3/t14-,15-,16-,17+/m0/s1. The van der Waals surface area contributed by atoms with E-state index in [2.05, 4.69) is 6.07 Å². The summed E-state index contributed by atoms with van der Waals surface area (Å²) >= 11 is 0. The Morgan fingerprint density at radius 2 is 1.48 bits per heavy atom. The molecular weight excluding hydrogens is 264 g/mol. The Bertz CT molecular complexity index is 722. The first-order chi connectivity index (χ1) is 10.2. The molecule has 0 heterocycles. The molecule has 0 spiro atoms. The predicted molar refractivity (Wildman–Crippen MR) is 77.9 cm³/mol. The van der Waals surface area contributed by atoms with Crippen LogP contribution in [0.1, 0.15) is 40.2 Å². The van der Waals surface area contributed by atoms with E-state index < -0.39 is 6.10 Å². The number of methoxy groups -OCH3 is 1. The third-order valence-corrected chi connectivity index (χ3v) is 4.90. The Morgan fingerprint density at radius 1 is 0.952 bits per heavy atom. The van der Waals surface area contributed by atoms with Crippen LogP contribution in [0.4, 0.5) is 0 Å². The molecule has 0 aromatic heterocycles. The van der Waals surface area contributed by atoms with Gasteiger partial charge in [0, 0.05) is 11.8 Å². The largest absolute Gasteiger partial charge is 0.469 e. The molecule has 4 atom stereocenters. The van der Waals surface area contributed by atoms with Crippen LogP contribution in [-0.4, -0.2) is 18.2 Å². The average molecular weight is 280 g/mol. The topological polar surface area (TPSA) is 46.5 Å². The maximum Gasteiger partial charge on any atom is 0.310 e. The summed E-state index contributed by atoms with van der Waals surface area (Å²) in [5.74, 6) is -0.807. The first kappa shape index (κ1) is 12.6. The summed E-state index contributed by atoms with van der Waals surface area (Å²) in [7, 11) is 1.42. The van der Waals surface area contributed by atoms with E-state index in [0.29, 0.717) is 0 Å². The van der Waals surface area contributed by atoms with Gasteiger partial charge in [-0.05, 0) is 22.3 Å². The molecule has 2 aromatic carbocycles. The van der Waals surface area contributed by atoms with E-state index in [4.69, 9.17) is 4.74 Å². The van der Waals surface area contributed by atoms with E-state index in [1.807, 2.05) is 42.5 Å². The zero-order valence-electron chi connectivity index (χ0n) is 11.7. The number of aliphatic hydroxyl groups excluding tert-OH is 1. The molecule has 2 aromatic rings. The van der Waals surface area contributed by atoms with E-state index in [9.17, 15) is 9.90 Å². The second-order valence-corrected chi connectivity index (χ2v) is 5.76. The summed E-state index contributed by atoms with van der Waals surface area (Å²) in [6, 6.07) is 15.9. The number of benzene rings is 2. The Kier molecular flexibility index (Phi) is 2.66. The summed E-state index contributed by atoms with van der Waals surface area (Å²) in [6.07, 6.45) is -0.662. The van der Waals surface area contributed by atoms with Gasteiger partial charge in [0.25, 0.3) is 0 Å². The Morgan fingerprint density at radius 3 is 2.10 bits per heavy atom. The van der Waals surface area contributed by atoms with Crippen LogP contribution >= 0.6 is 0 Å². The molecule has 1 N–H and O–H groups in total. The number of esters is 1. The van der Waals surface area contributed by atoms with Gasteiger partial charge in [0.15, 0.2) is 0 Å². The van der Waals surface area contributed by atoms with Gasteiger partial charge in [-0.2, -0.15) is 0 Å². The summed E-state index contributed by atoms with van der Waals surface area (Å²) in [5.41, 5.74) is 4.19. The van der Waals surface area contributed by atoms with Crippen molar-refractivity contribution in [3.63, 3.8) is 0 Å². The highest BCUT2D eigenvalue weighted by molar-refractivity contribution is 5.79. The van der Waals surface area contributed by atoms with Gasteiger partial charge < -0.3 is 9.84 Å². The van der Waals surface area contributed by atoms with Crippen molar-refractivity contribution in [1.82, 2.24) is 0 Å². The van der Waals surface area contributed by atoms with Gasteiger partial charge in [-0.25, -0.2) is 0 Å². The molecule has 21 heavy (non-hydrogen) atoms. The molecule has 0 radical (unpaired) electrons. The van der Waals surface area contributed by atoms with Gasteiger partial charge in [-0.15, -0.1) is 0 Å². The lowest BCUT2D eigenvalue weighted by Crippen LogP contribution is -2.32. The molecule has 0 unspecified atom stereocenters. The van der Waals surface area contributed by atoms with Crippen molar-refractivity contribution in [3.8, 4) is 0 Å². The Labute approximate surface area is 123 Å². The number of fused-ring (bicyclic) bond motifs is 7. The van der Waals surface area contributed by atoms with Gasteiger partial charge in [-0.3, -0.25) is 4.79 Å². The van der Waals surface area contributed by atoms with E-state index in [-0.39, 0.29) is 23.7 Å². The molecule has 0 saturated heterocycles. The van der Waals surface area contributed by atoms with Crippen LogP contribution in [0.5, 0.6) is 0 Å². The van der Waals surface area contributed by atoms with Gasteiger partial charge in [-0.1, -0.05) is 48.5 Å². The number of hydrogen-bond acceptors (Lipinski definition) is 3. The maximum atomic E-state index is 12.3. The van der Waals surface area contributed by atoms with Crippen molar-refractivity contribution < 1.29 is 14.6 Å². The van der Waals surface area contributed by atoms with Crippen LogP contribution in [0.15, 0.2) is 48.5 Å². The molecule has 3 nitrogen and oxygen atoms in total. The number of ether oxygens (including phenoxy) is 1. The average Bonchev–Trinajstić information content (AvgIpc) is 2.83. The number of hydrogen-bond donors (Lipinski definition) is 1. The fourth-order valence-corrected chi connectivity index (χ4v) is 4.10. The van der Waals surface area contributed by atoms with E-state index in [1.165, 1.54) is 7.11 Å². The van der Waals surface area contributed by atoms with Crippen LogP contribution in [0.3, 0.4) is 0 Å². The summed E-state index contributed by atoms with van der Waals surface area (Å²) in [6.45, 7) is 0. The molecule has 0 amide bonds. The number of rotatable bonds is 1. The molecule has 4 rings (SSSR count). The van der Waals surface area contributed by atoms with E-state index in [0.717, 1.165) is 22.3 Å². The number of carbonyl (C=O) groups excluding carboxylic acids is 1. The van der Waals surface area contributed by atoms with Crippen molar-refractivity contribution in [3.05, 3.63) is 70.8 Å². The third kappa shape index (κ3) is 1.55. The molecule has 2 aliphatic carbocycles. The molecule has 3 heteroatoms. The second kappa shape index (κ2) is 4.43. The van der Waals surface area contributed by atoms with Crippen LogP contribution < -0.4 is 0 Å². The summed E-state index contributed by atoms with van der Waals surface area (Å²) < 4.78 is 5.02. The Balaban J connectivity index is 2.00. The van der Waals surface area contributed by atoms with Crippen LogP contribution in [0, 0.1) is 5.92 Å². The molecule has 2 bridgehead atoms. The number of aliphatic hydroxyl groups is 1. The normalized spacial score (nSPS) is 28.7. The van der Waals surface area contributed by atoms with Crippen LogP contribution in [-0.2, 0) is 9.53 Å². The highest BCUT2D eigenvalue weighted by Crippen LogP contribution is 2.59. The number of carbonyl (C=O) groups is 1. The predicted octanol–water partition coefficient (Wildman–Crippen LogP) is 2.75. The molecule has 106 valence electrons. The molecule has 0 aliphatic heterocycles. The van der Waals surface area contributed by atoms with Gasteiger partial charge in [0.2, 0.25) is 0 Å². The first-order valence-corrected chi connectivity index (χ1v) is 7.17. The fourth-order valence-electron chi connectivity index (χ4n) is 4.10. The minimum absolute atomic E-state index is 0.0155. The van der Waals surface area contributed by atoms with Crippen LogP contribution in [0.25, 0.3) is 0 Å². The fraction of sp³-hybridized carbons (Fsp3) is 0.278. The van der Waals surface area contributed by atoms with Crippen molar-refractivity contribution in [1.29, 1.82) is 0 Å². The first-order valence-electron chi connectivity index (χ1n) is 7.17. The molecule has 2 aliphatic rings. The van der Waals surface area contributed by atoms with E-state index in [1.54, 1.807) is 0 Å². The van der Waals surface area contributed by atoms with Crippen molar-refractivity contribution >= 4 is 5.97 Å². The summed E-state index contributed by atoms with van der Waals surface area (Å²) in [4.78, 5) is 12.3. The smallest absolute Gasteiger partial charge is 0.310 e. The lowest BCUT2D eigenvalue weighted by Gasteiger charge is -2.34. The highest BCUT2D eigenvalue weighted by atomic mass is 16.5. The minimum Gasteiger partial charge on any atom is -0.469 e. The van der Waals surface area contributed by atoms with Gasteiger partial charge in [0.1, 0.15) is 0 Å². The third-order valence-electron chi connectivity index (χ3n) is 4.90. The summed E-state index contributed by atoms with van der Waals surface area (Å²) in [5, 5.41) is 10.8. The highest BCUT2D eigenvalue weighted by Gasteiger charge is 2.53. The van der Waals surface area contributed by atoms with Gasteiger partial charge >= 0.3 is 5.97 Å². The van der Waals surface area contributed by atoms with Crippen LogP contribution in [0.2, 0.25) is 0 Å². The van der Waals surface area contributed by atoms with Crippen molar-refractivity contribution in [2.45, 2.75) is 17.9 Å². The van der Waals surface area contributed by atoms with E-state index >= 15 is 0 Å². The zero-order valence-corrected chi connectivity index (χ0v) is 11.7. The lowest BCUT2D eigenvalue weighted by atomic mass is 9.71. The second-order valence-electron chi connectivity index (χ2n) is 5.76. The van der Waals surface area contributed by atoms with Crippen molar-refractivity contribution in [2.75, 3.05) is 7.11 Å². The SMILES string of the molecule is COC(=O)[C@H]1[C@H]2c3ccccc3[C@@H]1[C@H](O)c1ccccc12. The van der Waals surface area contributed by atoms with Gasteiger partial charge in [0.05, 0.1) is 19.1 Å². The zero-order chi connectivity index (χ0) is 14.6. The molecule has 0 fully saturated rings. The molecular formula is C18H16O3. The van der Waals surface area contributed by atoms with Crippen molar-refractivity contribution in [2.24, 2.45) is 5.92 Å². The Hall–Kier alpha value is -2.13. The monoisotopic (exact) mass is 280 g/mol. The quantitative estimate of drug-likeness (QED) is 0.817. The maximum absolute atomic E-state index is 12.3. The lowest BCUT2D eigenvalue weighted by molar-refractivity contribution is -0.148. The molecule has 0 saturated carbocycles.